The van der Waals surface area contributed by atoms with E-state index in [4.69, 9.17) is 0 Å². The van der Waals surface area contributed by atoms with Crippen LogP contribution in [0.25, 0.3) is 11.0 Å². The Morgan fingerprint density at radius 3 is 2.79 bits per heavy atom. The lowest BCUT2D eigenvalue weighted by atomic mass is 10.2. The summed E-state index contributed by atoms with van der Waals surface area (Å²) < 4.78 is 41.0. The van der Waals surface area contributed by atoms with Gasteiger partial charge in [0.25, 0.3) is 0 Å². The smallest absolute Gasteiger partial charge is 0.422 e. The molecule has 0 bridgehead atoms. The molecule has 2 heterocycles. The zero-order valence-corrected chi connectivity index (χ0v) is 15.4. The number of amides is 1. The standard InChI is InChI=1S/C19H18F3N5O2/c1-10(15-7-24-16(8-23-15)29-9-19(20,21)22)25-18(28)12-6-11(12)17-26-13-4-2-3-5-14(13)27-17/h2-5,7-8,10-12H,6,9H2,1H3,(H,25,28)(H,26,27)/t10-,11-,12+/m1/s1. The average molecular weight is 405 g/mol. The van der Waals surface area contributed by atoms with E-state index in [-0.39, 0.29) is 23.6 Å². The number of carbonyl (C=O) groups excluding carboxylic acids is 1. The van der Waals surface area contributed by atoms with Crippen molar-refractivity contribution in [2.24, 2.45) is 5.92 Å². The number of carbonyl (C=O) groups is 1. The molecule has 2 aromatic heterocycles. The lowest BCUT2D eigenvalue weighted by Gasteiger charge is -2.14. The first-order valence-electron chi connectivity index (χ1n) is 9.06. The third kappa shape index (κ3) is 4.47. The largest absolute Gasteiger partial charge is 0.467 e. The van der Waals surface area contributed by atoms with Gasteiger partial charge in [-0.2, -0.15) is 13.2 Å². The van der Waals surface area contributed by atoms with Crippen LogP contribution in [0.5, 0.6) is 5.88 Å². The molecule has 2 N–H and O–H groups in total. The van der Waals surface area contributed by atoms with E-state index >= 15 is 0 Å². The number of hydrogen-bond acceptors (Lipinski definition) is 5. The summed E-state index contributed by atoms with van der Waals surface area (Å²) in [7, 11) is 0. The number of para-hydroxylation sites is 2. The molecule has 10 heteroatoms. The van der Waals surface area contributed by atoms with Gasteiger partial charge in [-0.15, -0.1) is 0 Å². The van der Waals surface area contributed by atoms with Gasteiger partial charge in [0.1, 0.15) is 5.82 Å². The Morgan fingerprint density at radius 2 is 2.10 bits per heavy atom. The maximum Gasteiger partial charge on any atom is 0.422 e. The second-order valence-corrected chi connectivity index (χ2v) is 7.00. The predicted octanol–water partition coefficient (Wildman–Crippen LogP) is 3.27. The van der Waals surface area contributed by atoms with Crippen LogP contribution in [-0.4, -0.2) is 38.6 Å². The van der Waals surface area contributed by atoms with Crippen molar-refractivity contribution in [3.63, 3.8) is 0 Å². The Kier molecular flexibility index (Phi) is 4.85. The van der Waals surface area contributed by atoms with Crippen LogP contribution in [0.4, 0.5) is 13.2 Å². The minimum absolute atomic E-state index is 0.0406. The topological polar surface area (TPSA) is 92.8 Å². The second kappa shape index (κ2) is 7.34. The molecular weight excluding hydrogens is 387 g/mol. The molecule has 1 saturated carbocycles. The van der Waals surface area contributed by atoms with Crippen molar-refractivity contribution in [1.82, 2.24) is 25.3 Å². The van der Waals surface area contributed by atoms with E-state index in [9.17, 15) is 18.0 Å². The first kappa shape index (κ1) is 19.2. The predicted molar refractivity (Wildman–Crippen MR) is 97.1 cm³/mol. The molecule has 152 valence electrons. The number of H-pyrrole nitrogens is 1. The highest BCUT2D eigenvalue weighted by Crippen LogP contribution is 2.47. The van der Waals surface area contributed by atoms with Crippen molar-refractivity contribution < 1.29 is 22.7 Å². The summed E-state index contributed by atoms with van der Waals surface area (Å²) in [5.74, 6) is 0.308. The van der Waals surface area contributed by atoms with Crippen LogP contribution >= 0.6 is 0 Å². The summed E-state index contributed by atoms with van der Waals surface area (Å²) in [6.45, 7) is 0.301. The molecule has 3 atom stereocenters. The van der Waals surface area contributed by atoms with E-state index in [1.807, 2.05) is 24.3 Å². The van der Waals surface area contributed by atoms with Crippen LogP contribution in [-0.2, 0) is 4.79 Å². The number of imidazole rings is 1. The highest BCUT2D eigenvalue weighted by atomic mass is 19.4. The highest BCUT2D eigenvalue weighted by molar-refractivity contribution is 5.83. The Labute approximate surface area is 163 Å². The Bertz CT molecular complexity index is 986. The lowest BCUT2D eigenvalue weighted by molar-refractivity contribution is -0.154. The fraction of sp³-hybridized carbons (Fsp3) is 0.368. The molecular formula is C19H18F3N5O2. The summed E-state index contributed by atoms with van der Waals surface area (Å²) in [4.78, 5) is 28.1. The minimum Gasteiger partial charge on any atom is -0.467 e. The highest BCUT2D eigenvalue weighted by Gasteiger charge is 2.46. The van der Waals surface area contributed by atoms with Crippen LogP contribution < -0.4 is 10.1 Å². The van der Waals surface area contributed by atoms with E-state index < -0.39 is 18.8 Å². The average Bonchev–Trinajstić information content (AvgIpc) is 3.38. The molecule has 0 spiro atoms. The number of fused-ring (bicyclic) bond motifs is 1. The first-order valence-corrected chi connectivity index (χ1v) is 9.06. The Hall–Kier alpha value is -3.17. The van der Waals surface area contributed by atoms with Gasteiger partial charge in [0.05, 0.1) is 35.2 Å². The summed E-state index contributed by atoms with van der Waals surface area (Å²) in [5.41, 5.74) is 2.23. The van der Waals surface area contributed by atoms with E-state index in [0.717, 1.165) is 23.1 Å². The number of halogens is 3. The fourth-order valence-electron chi connectivity index (χ4n) is 3.11. The normalized spacial score (nSPS) is 19.7. The van der Waals surface area contributed by atoms with Gasteiger partial charge in [-0.25, -0.2) is 9.97 Å². The number of ether oxygens (including phenoxy) is 1. The summed E-state index contributed by atoms with van der Waals surface area (Å²) >= 11 is 0. The molecule has 7 nitrogen and oxygen atoms in total. The van der Waals surface area contributed by atoms with Crippen molar-refractivity contribution in [3.8, 4) is 5.88 Å². The molecule has 0 unspecified atom stereocenters. The molecule has 0 aliphatic heterocycles. The van der Waals surface area contributed by atoms with E-state index in [0.29, 0.717) is 12.1 Å². The van der Waals surface area contributed by atoms with Gasteiger partial charge < -0.3 is 15.0 Å². The second-order valence-electron chi connectivity index (χ2n) is 7.00. The van der Waals surface area contributed by atoms with E-state index in [1.165, 1.54) is 6.20 Å². The van der Waals surface area contributed by atoms with Gasteiger partial charge in [-0.1, -0.05) is 12.1 Å². The Balaban J connectivity index is 1.33. The van der Waals surface area contributed by atoms with Crippen molar-refractivity contribution in [2.75, 3.05) is 6.61 Å². The van der Waals surface area contributed by atoms with Gasteiger partial charge >= 0.3 is 6.18 Å². The number of aromatic amines is 1. The molecule has 1 aromatic carbocycles. The minimum atomic E-state index is -4.44. The van der Waals surface area contributed by atoms with Crippen LogP contribution in [0, 0.1) is 5.92 Å². The van der Waals surface area contributed by atoms with Gasteiger partial charge in [0.15, 0.2) is 6.61 Å². The number of benzene rings is 1. The summed E-state index contributed by atoms with van der Waals surface area (Å²) in [6, 6.07) is 7.24. The molecule has 3 aromatic rings. The van der Waals surface area contributed by atoms with Crippen LogP contribution in [0.15, 0.2) is 36.7 Å². The quantitative estimate of drug-likeness (QED) is 0.657. The zero-order valence-electron chi connectivity index (χ0n) is 15.4. The SMILES string of the molecule is C[C@@H](NC(=O)[C@H]1C[C@H]1c1nc2ccccc2[nH]1)c1cnc(OCC(F)(F)F)cn1. The monoisotopic (exact) mass is 405 g/mol. The molecule has 1 fully saturated rings. The first-order chi connectivity index (χ1) is 13.8. The third-order valence-corrected chi connectivity index (χ3v) is 4.72. The molecule has 0 saturated heterocycles. The zero-order chi connectivity index (χ0) is 20.6. The molecule has 4 rings (SSSR count). The van der Waals surface area contributed by atoms with E-state index in [2.05, 4.69) is 30.0 Å². The number of rotatable bonds is 6. The van der Waals surface area contributed by atoms with Crippen LogP contribution in [0.1, 0.15) is 36.8 Å². The number of nitrogens with one attached hydrogen (secondary N) is 2. The third-order valence-electron chi connectivity index (χ3n) is 4.72. The number of hydrogen-bond donors (Lipinski definition) is 2. The number of aromatic nitrogens is 4. The van der Waals surface area contributed by atoms with Crippen molar-refractivity contribution in [1.29, 1.82) is 0 Å². The number of alkyl halides is 3. The Morgan fingerprint density at radius 1 is 1.31 bits per heavy atom. The van der Waals surface area contributed by atoms with Crippen LogP contribution in [0.3, 0.4) is 0 Å². The molecule has 29 heavy (non-hydrogen) atoms. The van der Waals surface area contributed by atoms with Gasteiger partial charge in [-0.05, 0) is 25.5 Å². The van der Waals surface area contributed by atoms with Crippen molar-refractivity contribution in [3.05, 3.63) is 48.2 Å². The molecule has 1 aliphatic carbocycles. The maximum absolute atomic E-state index is 12.5. The molecule has 1 aliphatic rings. The van der Waals surface area contributed by atoms with E-state index in [1.54, 1.807) is 6.92 Å². The lowest BCUT2D eigenvalue weighted by Crippen LogP contribution is -2.29. The maximum atomic E-state index is 12.5. The number of nitrogens with zero attached hydrogens (tertiary/aromatic N) is 3. The van der Waals surface area contributed by atoms with Crippen molar-refractivity contribution in [2.45, 2.75) is 31.5 Å². The van der Waals surface area contributed by atoms with Gasteiger partial charge in [0, 0.05) is 11.8 Å². The summed E-state index contributed by atoms with van der Waals surface area (Å²) in [6.07, 6.45) is -1.34. The molecule has 1 amide bonds. The molecule has 0 radical (unpaired) electrons. The van der Waals surface area contributed by atoms with Crippen LogP contribution in [0.2, 0.25) is 0 Å². The van der Waals surface area contributed by atoms with Crippen molar-refractivity contribution >= 4 is 16.9 Å². The van der Waals surface area contributed by atoms with Gasteiger partial charge in [0.2, 0.25) is 11.8 Å². The fourth-order valence-corrected chi connectivity index (χ4v) is 3.11. The van der Waals surface area contributed by atoms with Gasteiger partial charge in [-0.3, -0.25) is 9.78 Å². The summed E-state index contributed by atoms with van der Waals surface area (Å²) in [5, 5.41) is 2.86.